The summed E-state index contributed by atoms with van der Waals surface area (Å²) >= 11 is 0. The van der Waals surface area contributed by atoms with Crippen LogP contribution in [-0.4, -0.2) is 47.7 Å². The molecule has 1 amide bonds. The number of carbonyl (C=O) groups is 2. The summed E-state index contributed by atoms with van der Waals surface area (Å²) in [6, 6.07) is 8.78. The maximum absolute atomic E-state index is 13.2. The third-order valence-corrected chi connectivity index (χ3v) is 4.13. The van der Waals surface area contributed by atoms with E-state index in [0.29, 0.717) is 24.5 Å². The molecule has 1 saturated heterocycles. The van der Waals surface area contributed by atoms with Crippen LogP contribution in [0.1, 0.15) is 16.8 Å². The second kappa shape index (κ2) is 8.13. The first kappa shape index (κ1) is 18.8. The summed E-state index contributed by atoms with van der Waals surface area (Å²) in [5, 5.41) is 8.99. The van der Waals surface area contributed by atoms with Crippen LogP contribution < -0.4 is 4.74 Å². The van der Waals surface area contributed by atoms with Crippen LogP contribution in [0.2, 0.25) is 0 Å². The number of carboxylic acid groups (broad SMARTS) is 1. The Bertz CT molecular complexity index is 840. The molecule has 27 heavy (non-hydrogen) atoms. The van der Waals surface area contributed by atoms with Crippen LogP contribution in [-0.2, 0) is 9.53 Å². The maximum atomic E-state index is 13.2. The van der Waals surface area contributed by atoms with E-state index in [1.165, 1.54) is 35.2 Å². The molecule has 1 aliphatic rings. The molecule has 1 heterocycles. The van der Waals surface area contributed by atoms with Crippen molar-refractivity contribution in [1.29, 1.82) is 0 Å². The van der Waals surface area contributed by atoms with Crippen molar-refractivity contribution in [2.24, 2.45) is 0 Å². The van der Waals surface area contributed by atoms with E-state index < -0.39 is 23.6 Å². The van der Waals surface area contributed by atoms with E-state index in [0.717, 1.165) is 12.1 Å². The van der Waals surface area contributed by atoms with Gasteiger partial charge in [-0.25, -0.2) is 8.78 Å². The highest BCUT2D eigenvalue weighted by Gasteiger charge is 2.29. The molecule has 142 valence electrons. The van der Waals surface area contributed by atoms with Crippen LogP contribution in [0.3, 0.4) is 0 Å². The van der Waals surface area contributed by atoms with Crippen LogP contribution in [0.5, 0.6) is 11.5 Å². The van der Waals surface area contributed by atoms with Crippen molar-refractivity contribution in [2.45, 2.75) is 12.5 Å². The Balaban J connectivity index is 1.70. The monoisotopic (exact) mass is 377 g/mol. The number of carboxylic acids is 1. The van der Waals surface area contributed by atoms with Crippen molar-refractivity contribution in [3.63, 3.8) is 0 Å². The van der Waals surface area contributed by atoms with Crippen LogP contribution >= 0.6 is 0 Å². The standard InChI is InChI=1S/C19H17F2NO5/c20-16-6-5-15(10-17(16)21)27-14-3-1-12(2-4-14)19(25)22-7-8-26-11-13(22)9-18(23)24/h1-6,10,13H,7-9,11H2,(H,23,24). The van der Waals surface area contributed by atoms with Crippen molar-refractivity contribution in [2.75, 3.05) is 19.8 Å². The van der Waals surface area contributed by atoms with Crippen molar-refractivity contribution >= 4 is 11.9 Å². The van der Waals surface area contributed by atoms with Crippen LogP contribution in [0.4, 0.5) is 8.78 Å². The first-order valence-corrected chi connectivity index (χ1v) is 8.27. The fourth-order valence-corrected chi connectivity index (χ4v) is 2.80. The highest BCUT2D eigenvalue weighted by molar-refractivity contribution is 5.94. The van der Waals surface area contributed by atoms with Gasteiger partial charge in [0.2, 0.25) is 0 Å². The summed E-state index contributed by atoms with van der Waals surface area (Å²) in [6.07, 6.45) is -0.191. The normalized spacial score (nSPS) is 16.8. The van der Waals surface area contributed by atoms with Crippen molar-refractivity contribution in [3.05, 3.63) is 59.7 Å². The van der Waals surface area contributed by atoms with Crippen LogP contribution in [0.25, 0.3) is 0 Å². The first-order valence-electron chi connectivity index (χ1n) is 8.27. The van der Waals surface area contributed by atoms with E-state index in [9.17, 15) is 18.4 Å². The lowest BCUT2D eigenvalue weighted by atomic mass is 10.1. The lowest BCUT2D eigenvalue weighted by Gasteiger charge is -2.34. The minimum absolute atomic E-state index is 0.127. The van der Waals surface area contributed by atoms with Gasteiger partial charge in [0.15, 0.2) is 11.6 Å². The van der Waals surface area contributed by atoms with E-state index in [4.69, 9.17) is 14.6 Å². The highest BCUT2D eigenvalue weighted by Crippen LogP contribution is 2.24. The molecule has 0 aromatic heterocycles. The fourth-order valence-electron chi connectivity index (χ4n) is 2.80. The smallest absolute Gasteiger partial charge is 0.305 e. The Hall–Kier alpha value is -3.00. The third-order valence-electron chi connectivity index (χ3n) is 4.13. The number of rotatable bonds is 5. The Kier molecular flexibility index (Phi) is 5.66. The zero-order chi connectivity index (χ0) is 19.4. The number of benzene rings is 2. The molecule has 8 heteroatoms. The summed E-state index contributed by atoms with van der Waals surface area (Å²) in [4.78, 5) is 25.2. The number of nitrogens with zero attached hydrogens (tertiary/aromatic N) is 1. The van der Waals surface area contributed by atoms with Gasteiger partial charge >= 0.3 is 5.97 Å². The summed E-state index contributed by atoms with van der Waals surface area (Å²) in [5.41, 5.74) is 0.366. The summed E-state index contributed by atoms with van der Waals surface area (Å²) in [6.45, 7) is 0.832. The zero-order valence-electron chi connectivity index (χ0n) is 14.2. The Morgan fingerprint density at radius 1 is 1.11 bits per heavy atom. The number of hydrogen-bond acceptors (Lipinski definition) is 4. The molecule has 1 unspecified atom stereocenters. The van der Waals surface area contributed by atoms with Crippen LogP contribution in [0, 0.1) is 11.6 Å². The largest absolute Gasteiger partial charge is 0.481 e. The molecular weight excluding hydrogens is 360 g/mol. The number of amides is 1. The third kappa shape index (κ3) is 4.59. The molecular formula is C19H17F2NO5. The average molecular weight is 377 g/mol. The van der Waals surface area contributed by atoms with Gasteiger partial charge in [-0.2, -0.15) is 0 Å². The SMILES string of the molecule is O=C(O)CC1COCCN1C(=O)c1ccc(Oc2ccc(F)c(F)c2)cc1. The van der Waals surface area contributed by atoms with Gasteiger partial charge in [0.1, 0.15) is 11.5 Å². The molecule has 0 bridgehead atoms. The molecule has 6 nitrogen and oxygen atoms in total. The van der Waals surface area contributed by atoms with E-state index in [-0.39, 0.29) is 24.7 Å². The van der Waals surface area contributed by atoms with E-state index in [2.05, 4.69) is 0 Å². The Morgan fingerprint density at radius 3 is 2.48 bits per heavy atom. The molecule has 1 atom stereocenters. The number of carbonyl (C=O) groups excluding carboxylic acids is 1. The second-order valence-electron chi connectivity index (χ2n) is 6.03. The molecule has 0 spiro atoms. The highest BCUT2D eigenvalue weighted by atomic mass is 19.2. The average Bonchev–Trinajstić information content (AvgIpc) is 2.65. The Morgan fingerprint density at radius 2 is 1.81 bits per heavy atom. The molecule has 1 fully saturated rings. The van der Waals surface area contributed by atoms with Gasteiger partial charge in [-0.15, -0.1) is 0 Å². The van der Waals surface area contributed by atoms with Gasteiger partial charge in [0.05, 0.1) is 25.7 Å². The number of aliphatic carboxylic acids is 1. The summed E-state index contributed by atoms with van der Waals surface area (Å²) in [7, 11) is 0. The number of halogens is 2. The van der Waals surface area contributed by atoms with Gasteiger partial charge in [-0.1, -0.05) is 0 Å². The molecule has 2 aromatic rings. The number of hydrogen-bond donors (Lipinski definition) is 1. The van der Waals surface area contributed by atoms with E-state index >= 15 is 0 Å². The molecule has 3 rings (SSSR count). The molecule has 2 aromatic carbocycles. The van der Waals surface area contributed by atoms with E-state index in [1.807, 2.05) is 0 Å². The van der Waals surface area contributed by atoms with Gasteiger partial charge in [0, 0.05) is 18.2 Å². The quantitative estimate of drug-likeness (QED) is 0.867. The summed E-state index contributed by atoms with van der Waals surface area (Å²) < 4.78 is 36.9. The van der Waals surface area contributed by atoms with Crippen molar-refractivity contribution < 1.29 is 33.0 Å². The number of ether oxygens (including phenoxy) is 2. The van der Waals surface area contributed by atoms with Crippen molar-refractivity contribution in [1.82, 2.24) is 4.90 Å². The first-order chi connectivity index (χ1) is 12.9. The zero-order valence-corrected chi connectivity index (χ0v) is 14.2. The second-order valence-corrected chi connectivity index (χ2v) is 6.03. The lowest BCUT2D eigenvalue weighted by Crippen LogP contribution is -2.49. The van der Waals surface area contributed by atoms with Crippen molar-refractivity contribution in [3.8, 4) is 11.5 Å². The predicted molar refractivity (Wildman–Crippen MR) is 90.8 cm³/mol. The minimum Gasteiger partial charge on any atom is -0.481 e. The molecule has 1 aliphatic heterocycles. The number of morpholine rings is 1. The topological polar surface area (TPSA) is 76.1 Å². The molecule has 0 radical (unpaired) electrons. The van der Waals surface area contributed by atoms with E-state index in [1.54, 1.807) is 0 Å². The molecule has 1 N–H and O–H groups in total. The van der Waals surface area contributed by atoms with Crippen LogP contribution in [0.15, 0.2) is 42.5 Å². The fraction of sp³-hybridized carbons (Fsp3) is 0.263. The van der Waals surface area contributed by atoms with Gasteiger partial charge < -0.3 is 19.5 Å². The maximum Gasteiger partial charge on any atom is 0.305 e. The Labute approximate surface area is 153 Å². The van der Waals surface area contributed by atoms with Gasteiger partial charge in [-0.3, -0.25) is 9.59 Å². The molecule has 0 aliphatic carbocycles. The predicted octanol–water partition coefficient (Wildman–Crippen LogP) is 3.07. The summed E-state index contributed by atoms with van der Waals surface area (Å²) in [5.74, 6) is -2.81. The van der Waals surface area contributed by atoms with Gasteiger partial charge in [-0.05, 0) is 36.4 Å². The minimum atomic E-state index is -1.02. The van der Waals surface area contributed by atoms with Gasteiger partial charge in [0.25, 0.3) is 5.91 Å². The lowest BCUT2D eigenvalue weighted by molar-refractivity contribution is -0.139. The molecule has 0 saturated carbocycles.